The fraction of sp³-hybridized carbons (Fsp3) is 0.588. The van der Waals surface area contributed by atoms with E-state index in [9.17, 15) is 9.59 Å². The summed E-state index contributed by atoms with van der Waals surface area (Å²) < 4.78 is 1.61. The third-order valence-corrected chi connectivity index (χ3v) is 5.20. The molecule has 7 heteroatoms. The Morgan fingerprint density at radius 1 is 1.42 bits per heavy atom. The van der Waals surface area contributed by atoms with Crippen molar-refractivity contribution in [2.24, 2.45) is 18.7 Å². The standard InChI is InChI=1S/C17H23N5O2/c1-21-15-14(16(23)20-21)12(7-13(19-15)11-4-5-11)17(24)22-6-2-3-10(8-18)9-22/h7,10-11H,2-6,8-9,18H2,1H3,(H,20,23)/t10-/m0/s1. The topological polar surface area (TPSA) is 97.0 Å². The zero-order valence-corrected chi connectivity index (χ0v) is 13.9. The molecule has 1 atom stereocenters. The van der Waals surface area contributed by atoms with Crippen LogP contribution in [-0.4, -0.2) is 45.2 Å². The van der Waals surface area contributed by atoms with Crippen LogP contribution in [0, 0.1) is 5.92 Å². The Balaban J connectivity index is 1.79. The largest absolute Gasteiger partial charge is 0.338 e. The number of hydrogen-bond acceptors (Lipinski definition) is 4. The minimum atomic E-state index is -0.252. The van der Waals surface area contributed by atoms with Crippen molar-refractivity contribution < 1.29 is 4.79 Å². The van der Waals surface area contributed by atoms with E-state index in [2.05, 4.69) is 10.1 Å². The van der Waals surface area contributed by atoms with Crippen LogP contribution in [0.1, 0.15) is 47.7 Å². The number of hydrogen-bond donors (Lipinski definition) is 2. The molecule has 3 heterocycles. The molecule has 24 heavy (non-hydrogen) atoms. The Bertz CT molecular complexity index is 849. The molecule has 1 aliphatic heterocycles. The van der Waals surface area contributed by atoms with Crippen LogP contribution < -0.4 is 11.3 Å². The number of aromatic nitrogens is 3. The zero-order valence-electron chi connectivity index (χ0n) is 13.9. The molecular formula is C17H23N5O2. The van der Waals surface area contributed by atoms with E-state index in [1.165, 1.54) is 0 Å². The predicted molar refractivity (Wildman–Crippen MR) is 91.0 cm³/mol. The summed E-state index contributed by atoms with van der Waals surface area (Å²) in [4.78, 5) is 31.9. The van der Waals surface area contributed by atoms with Gasteiger partial charge in [0.15, 0.2) is 5.65 Å². The molecule has 3 N–H and O–H groups in total. The van der Waals surface area contributed by atoms with Crippen LogP contribution in [0.3, 0.4) is 0 Å². The van der Waals surface area contributed by atoms with Gasteiger partial charge in [-0.25, -0.2) is 4.98 Å². The highest BCUT2D eigenvalue weighted by atomic mass is 16.2. The number of nitrogens with one attached hydrogen (secondary N) is 1. The lowest BCUT2D eigenvalue weighted by atomic mass is 9.97. The van der Waals surface area contributed by atoms with E-state index >= 15 is 0 Å². The van der Waals surface area contributed by atoms with Gasteiger partial charge in [-0.3, -0.25) is 19.4 Å². The summed E-state index contributed by atoms with van der Waals surface area (Å²) in [7, 11) is 1.76. The number of piperidine rings is 1. The second kappa shape index (κ2) is 5.73. The molecule has 2 fully saturated rings. The minimum Gasteiger partial charge on any atom is -0.338 e. The molecule has 1 saturated heterocycles. The Labute approximate surface area is 139 Å². The van der Waals surface area contributed by atoms with Gasteiger partial charge in [-0.2, -0.15) is 0 Å². The molecule has 1 aliphatic carbocycles. The monoisotopic (exact) mass is 329 g/mol. The lowest BCUT2D eigenvalue weighted by molar-refractivity contribution is 0.0680. The number of fused-ring (bicyclic) bond motifs is 1. The van der Waals surface area contributed by atoms with Gasteiger partial charge in [0.2, 0.25) is 0 Å². The van der Waals surface area contributed by atoms with Crippen LogP contribution in [0.15, 0.2) is 10.9 Å². The fourth-order valence-electron chi connectivity index (χ4n) is 3.65. The molecule has 1 amide bonds. The Morgan fingerprint density at radius 2 is 2.21 bits per heavy atom. The molecule has 2 aliphatic rings. The first-order chi connectivity index (χ1) is 11.6. The molecule has 0 unspecified atom stereocenters. The Hall–Kier alpha value is -2.15. The molecule has 1 saturated carbocycles. The first-order valence-electron chi connectivity index (χ1n) is 8.67. The summed E-state index contributed by atoms with van der Waals surface area (Å²) in [6.07, 6.45) is 4.22. The molecule has 2 aromatic rings. The summed E-state index contributed by atoms with van der Waals surface area (Å²) in [6, 6.07) is 1.84. The van der Waals surface area contributed by atoms with Gasteiger partial charge in [0, 0.05) is 31.7 Å². The molecule has 4 rings (SSSR count). The van der Waals surface area contributed by atoms with Crippen molar-refractivity contribution in [3.05, 3.63) is 27.7 Å². The number of rotatable bonds is 3. The van der Waals surface area contributed by atoms with Crippen LogP contribution in [0.4, 0.5) is 0 Å². The first-order valence-corrected chi connectivity index (χ1v) is 8.67. The third-order valence-electron chi connectivity index (χ3n) is 5.20. The zero-order chi connectivity index (χ0) is 16.8. The van der Waals surface area contributed by atoms with E-state index < -0.39 is 0 Å². The van der Waals surface area contributed by atoms with Crippen LogP contribution in [-0.2, 0) is 7.05 Å². The maximum Gasteiger partial charge on any atom is 0.274 e. The van der Waals surface area contributed by atoms with Crippen molar-refractivity contribution in [1.29, 1.82) is 0 Å². The molecule has 7 nitrogen and oxygen atoms in total. The fourth-order valence-corrected chi connectivity index (χ4v) is 3.65. The Morgan fingerprint density at radius 3 is 2.92 bits per heavy atom. The summed E-state index contributed by atoms with van der Waals surface area (Å²) in [6.45, 7) is 1.99. The highest BCUT2D eigenvalue weighted by Gasteiger charge is 2.31. The smallest absolute Gasteiger partial charge is 0.274 e. The van der Waals surface area contributed by atoms with Crippen LogP contribution in [0.2, 0.25) is 0 Å². The number of pyridine rings is 1. The van der Waals surface area contributed by atoms with E-state index in [1.807, 2.05) is 11.0 Å². The molecule has 2 aromatic heterocycles. The van der Waals surface area contributed by atoms with E-state index in [1.54, 1.807) is 11.7 Å². The van der Waals surface area contributed by atoms with E-state index in [0.29, 0.717) is 41.5 Å². The van der Waals surface area contributed by atoms with E-state index in [0.717, 1.165) is 37.9 Å². The average Bonchev–Trinajstić information content (AvgIpc) is 3.41. The number of carbonyl (C=O) groups excluding carboxylic acids is 1. The van der Waals surface area contributed by atoms with E-state index in [-0.39, 0.29) is 11.5 Å². The number of carbonyl (C=O) groups is 1. The highest BCUT2D eigenvalue weighted by molar-refractivity contribution is 6.05. The summed E-state index contributed by atoms with van der Waals surface area (Å²) in [5, 5.41) is 3.13. The van der Waals surface area contributed by atoms with E-state index in [4.69, 9.17) is 5.73 Å². The van der Waals surface area contributed by atoms with Crippen molar-refractivity contribution in [2.75, 3.05) is 19.6 Å². The average molecular weight is 329 g/mol. The molecule has 0 radical (unpaired) electrons. The summed E-state index contributed by atoms with van der Waals surface area (Å²) in [5.41, 5.74) is 7.52. The van der Waals surface area contributed by atoms with Crippen molar-refractivity contribution >= 4 is 16.9 Å². The number of amides is 1. The quantitative estimate of drug-likeness (QED) is 0.876. The van der Waals surface area contributed by atoms with Crippen molar-refractivity contribution in [2.45, 2.75) is 31.6 Å². The second-order valence-electron chi connectivity index (χ2n) is 7.06. The van der Waals surface area contributed by atoms with Crippen molar-refractivity contribution in [3.63, 3.8) is 0 Å². The normalized spacial score (nSPS) is 21.4. The van der Waals surface area contributed by atoms with Crippen LogP contribution in [0.25, 0.3) is 11.0 Å². The van der Waals surface area contributed by atoms with Gasteiger partial charge >= 0.3 is 0 Å². The molecule has 128 valence electrons. The minimum absolute atomic E-state index is 0.0702. The Kier molecular flexibility index (Phi) is 3.68. The molecule has 0 aromatic carbocycles. The number of nitrogens with two attached hydrogens (primary N) is 1. The number of aryl methyl sites for hydroxylation is 1. The van der Waals surface area contributed by atoms with Gasteiger partial charge in [-0.1, -0.05) is 0 Å². The first kappa shape index (κ1) is 15.4. The SMILES string of the molecule is Cn1[nH]c(=O)c2c(C(=O)N3CCC[C@@H](CN)C3)cc(C3CC3)nc21. The van der Waals surface area contributed by atoms with Crippen molar-refractivity contribution in [1.82, 2.24) is 19.7 Å². The maximum absolute atomic E-state index is 13.1. The molecular weight excluding hydrogens is 306 g/mol. The third kappa shape index (κ3) is 2.53. The molecule has 0 spiro atoms. The van der Waals surface area contributed by atoms with Gasteiger partial charge in [0.05, 0.1) is 10.9 Å². The number of H-pyrrole nitrogens is 1. The summed E-state index contributed by atoms with van der Waals surface area (Å²) >= 11 is 0. The van der Waals surface area contributed by atoms with Crippen LogP contribution in [0.5, 0.6) is 0 Å². The number of likely N-dealkylation sites (tertiary alicyclic amines) is 1. The van der Waals surface area contributed by atoms with Crippen molar-refractivity contribution in [3.8, 4) is 0 Å². The van der Waals surface area contributed by atoms with Gasteiger partial charge in [0.25, 0.3) is 11.5 Å². The van der Waals surface area contributed by atoms with Gasteiger partial charge in [0.1, 0.15) is 0 Å². The summed E-state index contributed by atoms with van der Waals surface area (Å²) in [5.74, 6) is 0.695. The number of nitrogens with zero attached hydrogens (tertiary/aromatic N) is 3. The van der Waals surface area contributed by atoms with Gasteiger partial charge in [-0.15, -0.1) is 0 Å². The number of aromatic amines is 1. The van der Waals surface area contributed by atoms with Crippen LogP contribution >= 0.6 is 0 Å². The maximum atomic E-state index is 13.1. The molecule has 0 bridgehead atoms. The van der Waals surface area contributed by atoms with Gasteiger partial charge < -0.3 is 10.6 Å². The lowest BCUT2D eigenvalue weighted by Crippen LogP contribution is -2.42. The predicted octanol–water partition coefficient (Wildman–Crippen LogP) is 0.950. The lowest BCUT2D eigenvalue weighted by Gasteiger charge is -2.32. The highest BCUT2D eigenvalue weighted by Crippen LogP contribution is 2.40. The van der Waals surface area contributed by atoms with Gasteiger partial charge in [-0.05, 0) is 44.2 Å². The second-order valence-corrected chi connectivity index (χ2v) is 7.06.